The molecule has 0 spiro atoms. The number of nitrogens with zero attached hydrogens (tertiary/aromatic N) is 5. The van der Waals surface area contributed by atoms with Crippen LogP contribution in [0, 0.1) is 11.3 Å². The van der Waals surface area contributed by atoms with Crippen LogP contribution in [0.5, 0.6) is 0 Å². The highest BCUT2D eigenvalue weighted by atomic mass is 16.6. The number of primary amides is 1. The van der Waals surface area contributed by atoms with Gasteiger partial charge < -0.3 is 10.6 Å². The number of rotatable bonds is 4. The molecule has 1 unspecified atom stereocenters. The molecule has 0 aromatic carbocycles. The molecule has 0 saturated carbocycles. The summed E-state index contributed by atoms with van der Waals surface area (Å²) in [5.41, 5.74) is 4.35. The first-order chi connectivity index (χ1) is 7.15. The number of carbonyl (C=O) groups excluding carboxylic acids is 1. The van der Waals surface area contributed by atoms with Gasteiger partial charge in [-0.2, -0.15) is 10.4 Å². The summed E-state index contributed by atoms with van der Waals surface area (Å²) in [5, 5.41) is 15.5. The number of carbonyl (C=O) groups is 1. The Labute approximate surface area is 84.9 Å². The van der Waals surface area contributed by atoms with E-state index in [0.29, 0.717) is 0 Å². The van der Waals surface area contributed by atoms with Crippen LogP contribution < -0.4 is 5.73 Å². The Hall–Kier alpha value is -2.43. The van der Waals surface area contributed by atoms with Gasteiger partial charge in [0, 0.05) is 0 Å². The minimum Gasteiger partial charge on any atom is -0.367 e. The first-order valence-corrected chi connectivity index (χ1v) is 3.93. The van der Waals surface area contributed by atoms with E-state index in [0.717, 1.165) is 0 Å². The van der Waals surface area contributed by atoms with Gasteiger partial charge in [-0.1, -0.05) is 5.16 Å². The van der Waals surface area contributed by atoms with Crippen molar-refractivity contribution in [3.05, 3.63) is 12.7 Å². The zero-order chi connectivity index (χ0) is 11.3. The number of oxime groups is 1. The lowest BCUT2D eigenvalue weighted by atomic mass is 10.4. The van der Waals surface area contributed by atoms with E-state index in [4.69, 9.17) is 15.8 Å². The summed E-state index contributed by atoms with van der Waals surface area (Å²) in [5.74, 6) is -0.941. The Morgan fingerprint density at radius 2 is 2.53 bits per heavy atom. The van der Waals surface area contributed by atoms with Crippen LogP contribution in [0.15, 0.2) is 17.8 Å². The molecule has 0 saturated heterocycles. The van der Waals surface area contributed by atoms with Crippen LogP contribution in [0.2, 0.25) is 0 Å². The standard InChI is InChI=1S/C7H8N6O2/c1-5(13-4-10-3-11-13)15-12-6(2-8)7(9)14/h3-5H,1H3,(H2,9,14)/b12-6+. The summed E-state index contributed by atoms with van der Waals surface area (Å²) in [6, 6.07) is 1.51. The molecule has 0 aliphatic rings. The maximum atomic E-state index is 10.6. The Morgan fingerprint density at radius 1 is 1.80 bits per heavy atom. The first kappa shape index (κ1) is 10.6. The van der Waals surface area contributed by atoms with Crippen molar-refractivity contribution in [1.82, 2.24) is 14.8 Å². The molecular weight excluding hydrogens is 200 g/mol. The highest BCUT2D eigenvalue weighted by Crippen LogP contribution is 2.04. The van der Waals surface area contributed by atoms with Crippen molar-refractivity contribution in [2.24, 2.45) is 10.9 Å². The predicted octanol–water partition coefficient (Wildman–Crippen LogP) is -0.822. The number of hydrogen-bond donors (Lipinski definition) is 1. The van der Waals surface area contributed by atoms with E-state index in [2.05, 4.69) is 15.2 Å². The highest BCUT2D eigenvalue weighted by Gasteiger charge is 2.09. The van der Waals surface area contributed by atoms with Crippen molar-refractivity contribution in [2.75, 3.05) is 0 Å². The van der Waals surface area contributed by atoms with Gasteiger partial charge in [0.05, 0.1) is 0 Å². The van der Waals surface area contributed by atoms with Gasteiger partial charge in [-0.15, -0.1) is 0 Å². The second-order valence-corrected chi connectivity index (χ2v) is 2.50. The fraction of sp³-hybridized carbons (Fsp3) is 0.286. The summed E-state index contributed by atoms with van der Waals surface area (Å²) in [6.45, 7) is 1.62. The van der Waals surface area contributed by atoms with Crippen LogP contribution in [0.25, 0.3) is 0 Å². The summed E-state index contributed by atoms with van der Waals surface area (Å²) in [6.07, 6.45) is 2.16. The van der Waals surface area contributed by atoms with Crippen LogP contribution >= 0.6 is 0 Å². The van der Waals surface area contributed by atoms with E-state index >= 15 is 0 Å². The molecule has 1 amide bonds. The van der Waals surface area contributed by atoms with E-state index in [1.54, 1.807) is 6.92 Å². The average molecular weight is 208 g/mol. The van der Waals surface area contributed by atoms with Crippen LogP contribution in [-0.2, 0) is 9.63 Å². The second kappa shape index (κ2) is 4.71. The molecule has 8 heteroatoms. The summed E-state index contributed by atoms with van der Waals surface area (Å²) < 4.78 is 1.36. The van der Waals surface area contributed by atoms with Crippen molar-refractivity contribution < 1.29 is 9.63 Å². The predicted molar refractivity (Wildman–Crippen MR) is 48.1 cm³/mol. The fourth-order valence-electron chi connectivity index (χ4n) is 0.703. The van der Waals surface area contributed by atoms with Gasteiger partial charge in [-0.05, 0) is 6.92 Å². The fourth-order valence-corrected chi connectivity index (χ4v) is 0.703. The maximum absolute atomic E-state index is 10.6. The molecule has 78 valence electrons. The van der Waals surface area contributed by atoms with E-state index in [1.807, 2.05) is 0 Å². The number of hydrogen-bond acceptors (Lipinski definition) is 6. The van der Waals surface area contributed by atoms with Crippen molar-refractivity contribution in [3.63, 3.8) is 0 Å². The second-order valence-electron chi connectivity index (χ2n) is 2.50. The monoisotopic (exact) mass is 208 g/mol. The van der Waals surface area contributed by atoms with Crippen LogP contribution in [-0.4, -0.2) is 26.4 Å². The third-order valence-electron chi connectivity index (χ3n) is 1.44. The Kier molecular flexibility index (Phi) is 3.34. The molecule has 1 rings (SSSR count). The zero-order valence-electron chi connectivity index (χ0n) is 7.86. The minimum absolute atomic E-state index is 0.498. The quantitative estimate of drug-likeness (QED) is 0.512. The number of aromatic nitrogens is 3. The molecule has 1 heterocycles. The van der Waals surface area contributed by atoms with Gasteiger partial charge in [0.25, 0.3) is 5.91 Å². The molecule has 1 aromatic heterocycles. The lowest BCUT2D eigenvalue weighted by Gasteiger charge is -2.08. The van der Waals surface area contributed by atoms with E-state index in [9.17, 15) is 4.79 Å². The lowest BCUT2D eigenvalue weighted by molar-refractivity contribution is -0.112. The zero-order valence-corrected chi connectivity index (χ0v) is 7.86. The summed E-state index contributed by atoms with van der Waals surface area (Å²) >= 11 is 0. The third-order valence-corrected chi connectivity index (χ3v) is 1.44. The average Bonchev–Trinajstić information content (AvgIpc) is 2.70. The Balaban J connectivity index is 2.64. The molecule has 1 aromatic rings. The molecule has 15 heavy (non-hydrogen) atoms. The minimum atomic E-state index is -0.941. The van der Waals surface area contributed by atoms with Gasteiger partial charge in [0.2, 0.25) is 11.9 Å². The Bertz CT molecular complexity index is 404. The third kappa shape index (κ3) is 2.77. The molecule has 2 N–H and O–H groups in total. The van der Waals surface area contributed by atoms with E-state index in [1.165, 1.54) is 23.4 Å². The highest BCUT2D eigenvalue weighted by molar-refractivity contribution is 6.44. The van der Waals surface area contributed by atoms with Crippen molar-refractivity contribution in [2.45, 2.75) is 13.2 Å². The SMILES string of the molecule is CC(O/N=C(\C#N)C(N)=O)n1cncn1. The molecular formula is C7H8N6O2. The maximum Gasteiger partial charge on any atom is 0.281 e. The number of nitriles is 1. The van der Waals surface area contributed by atoms with E-state index < -0.39 is 17.8 Å². The molecule has 0 bridgehead atoms. The number of nitrogens with two attached hydrogens (primary N) is 1. The van der Waals surface area contributed by atoms with Crippen LogP contribution in [0.1, 0.15) is 13.2 Å². The van der Waals surface area contributed by atoms with Crippen LogP contribution in [0.4, 0.5) is 0 Å². The van der Waals surface area contributed by atoms with Gasteiger partial charge in [0.15, 0.2) is 0 Å². The first-order valence-electron chi connectivity index (χ1n) is 3.93. The van der Waals surface area contributed by atoms with Crippen LogP contribution in [0.3, 0.4) is 0 Å². The number of amides is 1. The normalized spacial score (nSPS) is 12.9. The van der Waals surface area contributed by atoms with Gasteiger partial charge in [-0.25, -0.2) is 9.67 Å². The summed E-state index contributed by atoms with van der Waals surface area (Å²) in [4.78, 5) is 19.1. The van der Waals surface area contributed by atoms with Gasteiger partial charge >= 0.3 is 0 Å². The Morgan fingerprint density at radius 3 is 3.00 bits per heavy atom. The molecule has 1 atom stereocenters. The van der Waals surface area contributed by atoms with Crippen molar-refractivity contribution in [1.29, 1.82) is 5.26 Å². The van der Waals surface area contributed by atoms with Crippen molar-refractivity contribution >= 4 is 11.6 Å². The molecule has 8 nitrogen and oxygen atoms in total. The topological polar surface area (TPSA) is 119 Å². The molecule has 0 aliphatic heterocycles. The molecule has 0 aliphatic carbocycles. The largest absolute Gasteiger partial charge is 0.367 e. The molecule has 0 radical (unpaired) electrons. The van der Waals surface area contributed by atoms with Gasteiger partial charge in [-0.3, -0.25) is 4.79 Å². The smallest absolute Gasteiger partial charge is 0.281 e. The lowest BCUT2D eigenvalue weighted by Crippen LogP contribution is -2.22. The molecule has 0 fully saturated rings. The van der Waals surface area contributed by atoms with Gasteiger partial charge in [0.1, 0.15) is 18.7 Å². The van der Waals surface area contributed by atoms with Crippen molar-refractivity contribution in [3.8, 4) is 6.07 Å². The van der Waals surface area contributed by atoms with E-state index in [-0.39, 0.29) is 0 Å². The summed E-state index contributed by atoms with van der Waals surface area (Å²) in [7, 11) is 0.